The third kappa shape index (κ3) is 8.66. The molecule has 0 fully saturated rings. The zero-order valence-corrected chi connectivity index (χ0v) is 28.5. The summed E-state index contributed by atoms with van der Waals surface area (Å²) in [6.45, 7) is 0. The molecule has 5 aromatic rings. The van der Waals surface area contributed by atoms with Crippen LogP contribution in [0.1, 0.15) is 62.1 Å². The highest BCUT2D eigenvalue weighted by Crippen LogP contribution is 2.24. The highest BCUT2D eigenvalue weighted by molar-refractivity contribution is 9.10. The summed E-state index contributed by atoms with van der Waals surface area (Å²) in [6.07, 6.45) is 0. The molecule has 0 spiro atoms. The van der Waals surface area contributed by atoms with Crippen LogP contribution in [0.3, 0.4) is 0 Å². The summed E-state index contributed by atoms with van der Waals surface area (Å²) < 4.78 is 11.8. The van der Waals surface area contributed by atoms with Crippen LogP contribution < -0.4 is 20.1 Å². The summed E-state index contributed by atoms with van der Waals surface area (Å²) in [5.41, 5.74) is 0.696. The van der Waals surface area contributed by atoms with Crippen molar-refractivity contribution in [2.24, 2.45) is 0 Å². The summed E-state index contributed by atoms with van der Waals surface area (Å²) in [7, 11) is 0. The molecule has 5 rings (SSSR count). The average Bonchev–Trinajstić information content (AvgIpc) is 3.10. The summed E-state index contributed by atoms with van der Waals surface area (Å²) in [5.74, 6) is -4.72. The molecule has 12 nitrogen and oxygen atoms in total. The minimum Gasteiger partial charge on any atom is -0.478 e. The normalized spacial score (nSPS) is 10.4. The number of esters is 2. The van der Waals surface area contributed by atoms with Crippen molar-refractivity contribution in [3.8, 4) is 11.5 Å². The number of carbonyl (C=O) groups is 6. The first-order chi connectivity index (χ1) is 23.9. The number of carboxylic acid groups (broad SMARTS) is 2. The van der Waals surface area contributed by atoms with E-state index in [9.17, 15) is 39.0 Å². The van der Waals surface area contributed by atoms with Crippen LogP contribution in [-0.2, 0) is 0 Å². The van der Waals surface area contributed by atoms with Crippen molar-refractivity contribution in [3.63, 3.8) is 0 Å². The lowest BCUT2D eigenvalue weighted by molar-refractivity contribution is 0.0686. The van der Waals surface area contributed by atoms with E-state index in [1.54, 1.807) is 12.1 Å². The van der Waals surface area contributed by atoms with E-state index in [0.717, 1.165) is 0 Å². The number of amides is 2. The molecule has 0 aliphatic heterocycles. The molecule has 0 bridgehead atoms. The lowest BCUT2D eigenvalue weighted by atomic mass is 10.1. The first kappa shape index (κ1) is 35.2. The smallest absolute Gasteiger partial charge is 0.343 e. The zero-order valence-electron chi connectivity index (χ0n) is 25.3. The maximum Gasteiger partial charge on any atom is 0.343 e. The van der Waals surface area contributed by atoms with Gasteiger partial charge in [-0.25, -0.2) is 19.2 Å². The Bertz CT molecular complexity index is 2000. The van der Waals surface area contributed by atoms with Crippen LogP contribution >= 0.6 is 31.9 Å². The van der Waals surface area contributed by atoms with E-state index in [0.29, 0.717) is 8.95 Å². The molecule has 0 aliphatic carbocycles. The summed E-state index contributed by atoms with van der Waals surface area (Å²) in [6, 6.07) is 25.6. The van der Waals surface area contributed by atoms with Crippen molar-refractivity contribution in [1.29, 1.82) is 0 Å². The molecule has 0 saturated carbocycles. The Labute approximate surface area is 299 Å². The van der Waals surface area contributed by atoms with Crippen LogP contribution in [0.4, 0.5) is 11.4 Å². The number of ether oxygens (including phenoxy) is 2. The Kier molecular flexibility index (Phi) is 10.8. The summed E-state index contributed by atoms with van der Waals surface area (Å²) in [5, 5.41) is 23.9. The van der Waals surface area contributed by atoms with Crippen LogP contribution in [0.15, 0.2) is 118 Å². The van der Waals surface area contributed by atoms with Crippen molar-refractivity contribution in [2.45, 2.75) is 0 Å². The Morgan fingerprint density at radius 3 is 1.10 bits per heavy atom. The first-order valence-corrected chi connectivity index (χ1v) is 15.9. The minimum absolute atomic E-state index is 0.0917. The van der Waals surface area contributed by atoms with Gasteiger partial charge in [-0.05, 0) is 109 Å². The molecule has 50 heavy (non-hydrogen) atoms. The van der Waals surface area contributed by atoms with E-state index in [1.165, 1.54) is 97.1 Å². The van der Waals surface area contributed by atoms with E-state index in [1.807, 2.05) is 0 Å². The molecule has 0 unspecified atom stereocenters. The molecule has 4 N–H and O–H groups in total. The van der Waals surface area contributed by atoms with Gasteiger partial charge in [-0.2, -0.15) is 0 Å². The summed E-state index contributed by atoms with van der Waals surface area (Å²) >= 11 is 6.40. The maximum atomic E-state index is 12.7. The van der Waals surface area contributed by atoms with Crippen LogP contribution in [0, 0.1) is 0 Å². The van der Waals surface area contributed by atoms with Crippen molar-refractivity contribution in [2.75, 3.05) is 10.6 Å². The topological polar surface area (TPSA) is 185 Å². The number of aromatic carboxylic acids is 2. The number of halogens is 2. The second kappa shape index (κ2) is 15.4. The second-order valence-electron chi connectivity index (χ2n) is 10.3. The number of hydrogen-bond acceptors (Lipinski definition) is 8. The Balaban J connectivity index is 1.15. The van der Waals surface area contributed by atoms with Crippen LogP contribution in [0.25, 0.3) is 0 Å². The predicted octanol–water partition coefficient (Wildman–Crippen LogP) is 7.55. The van der Waals surface area contributed by atoms with Gasteiger partial charge in [0.25, 0.3) is 11.8 Å². The van der Waals surface area contributed by atoms with Crippen molar-refractivity contribution in [3.05, 3.63) is 152 Å². The molecule has 0 radical (unpaired) electrons. The van der Waals surface area contributed by atoms with Gasteiger partial charge in [-0.1, -0.05) is 31.9 Å². The molecule has 14 heteroatoms. The molecule has 0 saturated heterocycles. The van der Waals surface area contributed by atoms with Gasteiger partial charge < -0.3 is 30.3 Å². The molecule has 5 aromatic carbocycles. The Hall–Kier alpha value is -6.12. The third-order valence-electron chi connectivity index (χ3n) is 6.93. The van der Waals surface area contributed by atoms with E-state index in [-0.39, 0.29) is 56.3 Å². The molecule has 250 valence electrons. The van der Waals surface area contributed by atoms with Crippen molar-refractivity contribution in [1.82, 2.24) is 0 Å². The molecular weight excluding hydrogens is 780 g/mol. The second-order valence-corrected chi connectivity index (χ2v) is 12.1. The fourth-order valence-corrected chi connectivity index (χ4v) is 5.14. The number of carboxylic acids is 2. The number of benzene rings is 5. The van der Waals surface area contributed by atoms with Crippen molar-refractivity contribution >= 4 is 78.9 Å². The lowest BCUT2D eigenvalue weighted by Gasteiger charge is -2.10. The van der Waals surface area contributed by atoms with Gasteiger partial charge in [0.05, 0.1) is 33.6 Å². The summed E-state index contributed by atoms with van der Waals surface area (Å²) in [4.78, 5) is 73.8. The number of rotatable bonds is 10. The largest absolute Gasteiger partial charge is 0.478 e. The number of nitrogens with one attached hydrogen (secondary N) is 2. The third-order valence-corrected chi connectivity index (χ3v) is 7.92. The van der Waals surface area contributed by atoms with Gasteiger partial charge in [0.1, 0.15) is 11.5 Å². The highest BCUT2D eigenvalue weighted by Gasteiger charge is 2.17. The molecule has 0 heterocycles. The standard InChI is InChI=1S/C36H22Br2N2O10/c37-23-9-15-29(27(17-23)33(43)44)39-31(41)19-5-11-25(12-6-19)49-35(47)21-1-2-22(4-3-21)36(48)50-26-13-7-20(8-14-26)32(42)40-30-16-10-24(38)18-28(30)34(45)46/h1-18H,(H,39,41)(H,40,42)(H,43,44)(H,45,46). The van der Waals surface area contributed by atoms with Crippen LogP contribution in [-0.4, -0.2) is 45.9 Å². The van der Waals surface area contributed by atoms with Gasteiger partial charge in [-0.3, -0.25) is 9.59 Å². The van der Waals surface area contributed by atoms with Gasteiger partial charge in [0, 0.05) is 20.1 Å². The van der Waals surface area contributed by atoms with E-state index < -0.39 is 35.7 Å². The SMILES string of the molecule is O=C(Nc1ccc(Br)cc1C(=O)O)c1ccc(OC(=O)c2ccc(C(=O)Oc3ccc(C(=O)Nc4ccc(Br)cc4C(=O)O)cc3)cc2)cc1. The van der Waals surface area contributed by atoms with Gasteiger partial charge in [0.2, 0.25) is 0 Å². The zero-order chi connectivity index (χ0) is 35.9. The highest BCUT2D eigenvalue weighted by atomic mass is 79.9. The molecule has 0 aromatic heterocycles. The quantitative estimate of drug-likeness (QED) is 0.0812. The predicted molar refractivity (Wildman–Crippen MR) is 187 cm³/mol. The average molecular weight is 802 g/mol. The van der Waals surface area contributed by atoms with Gasteiger partial charge >= 0.3 is 23.9 Å². The van der Waals surface area contributed by atoms with E-state index in [4.69, 9.17) is 9.47 Å². The van der Waals surface area contributed by atoms with E-state index >= 15 is 0 Å². The minimum atomic E-state index is -1.21. The number of anilines is 2. The molecule has 2 amide bonds. The Morgan fingerprint density at radius 2 is 0.780 bits per heavy atom. The van der Waals surface area contributed by atoms with Gasteiger partial charge in [0.15, 0.2) is 0 Å². The first-order valence-electron chi connectivity index (χ1n) is 14.3. The lowest BCUT2D eigenvalue weighted by Crippen LogP contribution is -2.15. The maximum absolute atomic E-state index is 12.7. The fourth-order valence-electron chi connectivity index (χ4n) is 4.42. The molecular formula is C36H22Br2N2O10. The van der Waals surface area contributed by atoms with Crippen LogP contribution in [0.5, 0.6) is 11.5 Å². The number of carbonyl (C=O) groups excluding carboxylic acids is 4. The van der Waals surface area contributed by atoms with Crippen LogP contribution in [0.2, 0.25) is 0 Å². The van der Waals surface area contributed by atoms with Gasteiger partial charge in [-0.15, -0.1) is 0 Å². The fraction of sp³-hybridized carbons (Fsp3) is 0. The monoisotopic (exact) mass is 800 g/mol. The molecule has 0 aliphatic rings. The molecule has 0 atom stereocenters. The number of hydrogen-bond donors (Lipinski definition) is 4. The van der Waals surface area contributed by atoms with Crippen molar-refractivity contribution < 1.29 is 48.5 Å². The Morgan fingerprint density at radius 1 is 0.460 bits per heavy atom. The van der Waals surface area contributed by atoms with E-state index in [2.05, 4.69) is 42.5 Å².